The van der Waals surface area contributed by atoms with E-state index in [2.05, 4.69) is 9.97 Å². The van der Waals surface area contributed by atoms with Crippen LogP contribution >= 0.6 is 0 Å². The Balaban J connectivity index is 1.92. The number of nitrogens with zero attached hydrogens (tertiary/aromatic N) is 3. The Morgan fingerprint density at radius 1 is 1.25 bits per heavy atom. The van der Waals surface area contributed by atoms with Crippen LogP contribution in [0, 0.1) is 5.92 Å². The van der Waals surface area contributed by atoms with Crippen molar-refractivity contribution in [1.29, 1.82) is 0 Å². The number of benzene rings is 1. The fraction of sp³-hybridized carbons (Fsp3) is 0.400. The maximum atomic E-state index is 13.0. The summed E-state index contributed by atoms with van der Waals surface area (Å²) in [4.78, 5) is 34.6. The van der Waals surface area contributed by atoms with Crippen molar-refractivity contribution in [3.05, 3.63) is 47.3 Å². The summed E-state index contributed by atoms with van der Waals surface area (Å²) in [6, 6.07) is 8.91. The maximum Gasteiger partial charge on any atom is 0.308 e. The normalized spacial score (nSPS) is 19.1. The summed E-state index contributed by atoms with van der Waals surface area (Å²) in [5.41, 5.74) is 7.39. The van der Waals surface area contributed by atoms with Crippen LogP contribution in [0.15, 0.2) is 30.3 Å². The van der Waals surface area contributed by atoms with Gasteiger partial charge in [0.15, 0.2) is 0 Å². The second kappa shape index (κ2) is 7.84. The minimum atomic E-state index is -0.948. The number of aromatic nitrogens is 2. The summed E-state index contributed by atoms with van der Waals surface area (Å²) in [5, 5.41) is 9.72. The first-order valence-corrected chi connectivity index (χ1v) is 9.11. The van der Waals surface area contributed by atoms with Gasteiger partial charge in [0, 0.05) is 24.7 Å². The third kappa shape index (κ3) is 3.76. The molecule has 1 aliphatic rings. The molecule has 8 nitrogen and oxygen atoms in total. The molecule has 0 saturated carbocycles. The van der Waals surface area contributed by atoms with E-state index in [-0.39, 0.29) is 42.5 Å². The Kier molecular flexibility index (Phi) is 5.48. The molecule has 3 rings (SSSR count). The van der Waals surface area contributed by atoms with Crippen LogP contribution in [0.1, 0.15) is 47.4 Å². The van der Waals surface area contributed by atoms with Crippen molar-refractivity contribution in [2.24, 2.45) is 5.92 Å². The van der Waals surface area contributed by atoms with E-state index in [9.17, 15) is 14.7 Å². The topological polar surface area (TPSA) is 119 Å². The van der Waals surface area contributed by atoms with Crippen LogP contribution in [-0.4, -0.2) is 52.1 Å². The van der Waals surface area contributed by atoms with Crippen LogP contribution in [0.25, 0.3) is 0 Å². The van der Waals surface area contributed by atoms with Gasteiger partial charge in [0.1, 0.15) is 11.4 Å². The second-order valence-corrected chi connectivity index (χ2v) is 7.19. The number of rotatable bonds is 5. The number of hydrogen-bond donors (Lipinski definition) is 2. The van der Waals surface area contributed by atoms with Crippen LogP contribution in [-0.2, 0) is 4.79 Å². The number of carbonyl (C=O) groups excluding carboxylic acids is 1. The molecule has 148 valence electrons. The molecule has 2 atom stereocenters. The number of nitrogen functional groups attached to an aromatic ring is 1. The van der Waals surface area contributed by atoms with E-state index in [1.165, 1.54) is 4.90 Å². The summed E-state index contributed by atoms with van der Waals surface area (Å²) < 4.78 is 5.39. The van der Waals surface area contributed by atoms with Gasteiger partial charge in [-0.25, -0.2) is 9.97 Å². The van der Waals surface area contributed by atoms with Crippen molar-refractivity contribution in [2.75, 3.05) is 25.9 Å². The molecular formula is C20H24N4O4. The van der Waals surface area contributed by atoms with Crippen molar-refractivity contribution in [3.8, 4) is 5.75 Å². The fourth-order valence-corrected chi connectivity index (χ4v) is 3.56. The molecule has 1 amide bonds. The van der Waals surface area contributed by atoms with E-state index in [1.807, 2.05) is 32.0 Å². The summed E-state index contributed by atoms with van der Waals surface area (Å²) in [7, 11) is 1.55. The molecule has 2 heterocycles. The Morgan fingerprint density at radius 2 is 1.96 bits per heavy atom. The predicted octanol–water partition coefficient (Wildman–Crippen LogP) is 2.13. The van der Waals surface area contributed by atoms with E-state index < -0.39 is 11.9 Å². The Hall–Kier alpha value is -3.16. The van der Waals surface area contributed by atoms with Gasteiger partial charge in [-0.15, -0.1) is 0 Å². The van der Waals surface area contributed by atoms with Crippen molar-refractivity contribution in [3.63, 3.8) is 0 Å². The molecule has 0 bridgehead atoms. The Morgan fingerprint density at radius 3 is 2.61 bits per heavy atom. The fourth-order valence-electron chi connectivity index (χ4n) is 3.56. The molecule has 0 aliphatic carbocycles. The highest BCUT2D eigenvalue weighted by Crippen LogP contribution is 2.38. The predicted molar refractivity (Wildman–Crippen MR) is 103 cm³/mol. The molecule has 3 N–H and O–H groups in total. The largest absolute Gasteiger partial charge is 0.496 e. The van der Waals surface area contributed by atoms with Crippen molar-refractivity contribution >= 4 is 17.8 Å². The van der Waals surface area contributed by atoms with Gasteiger partial charge in [-0.05, 0) is 23.6 Å². The first-order chi connectivity index (χ1) is 13.3. The molecule has 28 heavy (non-hydrogen) atoms. The van der Waals surface area contributed by atoms with E-state index in [0.717, 1.165) is 5.56 Å². The average molecular weight is 384 g/mol. The van der Waals surface area contributed by atoms with Gasteiger partial charge in [0.05, 0.1) is 13.0 Å². The van der Waals surface area contributed by atoms with Crippen molar-refractivity contribution in [1.82, 2.24) is 14.9 Å². The number of carboxylic acids is 1. The zero-order chi connectivity index (χ0) is 20.4. The number of carboxylic acid groups (broad SMARTS) is 1. The van der Waals surface area contributed by atoms with E-state index in [4.69, 9.17) is 10.5 Å². The lowest BCUT2D eigenvalue weighted by Gasteiger charge is -2.18. The zero-order valence-electron chi connectivity index (χ0n) is 16.1. The molecule has 1 saturated heterocycles. The van der Waals surface area contributed by atoms with Crippen molar-refractivity contribution in [2.45, 2.75) is 25.7 Å². The van der Waals surface area contributed by atoms with Gasteiger partial charge >= 0.3 is 5.97 Å². The van der Waals surface area contributed by atoms with Crippen LogP contribution in [0.4, 0.5) is 5.95 Å². The Labute approximate surface area is 163 Å². The zero-order valence-corrected chi connectivity index (χ0v) is 16.1. The molecular weight excluding hydrogens is 360 g/mol. The number of amides is 1. The van der Waals surface area contributed by atoms with E-state index in [0.29, 0.717) is 11.4 Å². The van der Waals surface area contributed by atoms with Crippen LogP contribution in [0.2, 0.25) is 0 Å². The summed E-state index contributed by atoms with van der Waals surface area (Å²) in [6.07, 6.45) is 0. The quantitative estimate of drug-likeness (QED) is 0.810. The lowest BCUT2D eigenvalue weighted by molar-refractivity contribution is -0.141. The van der Waals surface area contributed by atoms with Gasteiger partial charge in [0.25, 0.3) is 5.91 Å². The number of para-hydroxylation sites is 1. The van der Waals surface area contributed by atoms with Gasteiger partial charge in [-0.2, -0.15) is 0 Å². The molecule has 1 aromatic carbocycles. The van der Waals surface area contributed by atoms with Crippen molar-refractivity contribution < 1.29 is 19.4 Å². The smallest absolute Gasteiger partial charge is 0.308 e. The number of carbonyl (C=O) groups is 2. The number of ether oxygens (including phenoxy) is 1. The summed E-state index contributed by atoms with van der Waals surface area (Å²) in [5.74, 6) is -1.67. The van der Waals surface area contributed by atoms with Gasteiger partial charge in [0.2, 0.25) is 5.95 Å². The summed E-state index contributed by atoms with van der Waals surface area (Å²) in [6.45, 7) is 4.25. The SMILES string of the molecule is COc1ccccc1[C@@H]1CN(C(=O)c2cc(C(C)C)nc(N)n2)C[C@H]1C(=O)O. The lowest BCUT2D eigenvalue weighted by Crippen LogP contribution is -2.31. The molecule has 2 aromatic rings. The average Bonchev–Trinajstić information content (AvgIpc) is 3.12. The van der Waals surface area contributed by atoms with E-state index >= 15 is 0 Å². The summed E-state index contributed by atoms with van der Waals surface area (Å²) >= 11 is 0. The maximum absolute atomic E-state index is 13.0. The van der Waals surface area contributed by atoms with Gasteiger partial charge < -0.3 is 20.5 Å². The lowest BCUT2D eigenvalue weighted by atomic mass is 9.88. The number of aliphatic carboxylic acids is 1. The van der Waals surface area contributed by atoms with Crippen LogP contribution in [0.3, 0.4) is 0 Å². The molecule has 0 spiro atoms. The standard InChI is InChI=1S/C20H24N4O4/c1-11(2)15-8-16(23-20(21)22-15)18(25)24-9-13(14(10-24)19(26)27)12-6-4-5-7-17(12)28-3/h4-8,11,13-14H,9-10H2,1-3H3,(H,26,27)(H2,21,22,23)/t13-,14+/m0/s1. The molecule has 1 aliphatic heterocycles. The monoisotopic (exact) mass is 384 g/mol. The third-order valence-corrected chi connectivity index (χ3v) is 5.04. The number of hydrogen-bond acceptors (Lipinski definition) is 6. The first kappa shape index (κ1) is 19.6. The highest BCUT2D eigenvalue weighted by Gasteiger charge is 2.42. The molecule has 1 aromatic heterocycles. The second-order valence-electron chi connectivity index (χ2n) is 7.19. The number of anilines is 1. The van der Waals surface area contributed by atoms with Crippen LogP contribution in [0.5, 0.6) is 5.75 Å². The number of nitrogens with two attached hydrogens (primary N) is 1. The molecule has 8 heteroatoms. The minimum Gasteiger partial charge on any atom is -0.496 e. The van der Waals surface area contributed by atoms with Gasteiger partial charge in [-0.3, -0.25) is 9.59 Å². The third-order valence-electron chi connectivity index (χ3n) is 5.04. The van der Waals surface area contributed by atoms with Gasteiger partial charge in [-0.1, -0.05) is 32.0 Å². The van der Waals surface area contributed by atoms with Crippen LogP contribution < -0.4 is 10.5 Å². The number of methoxy groups -OCH3 is 1. The molecule has 1 fully saturated rings. The highest BCUT2D eigenvalue weighted by molar-refractivity contribution is 5.93. The molecule has 0 unspecified atom stereocenters. The highest BCUT2D eigenvalue weighted by atomic mass is 16.5. The first-order valence-electron chi connectivity index (χ1n) is 9.11. The minimum absolute atomic E-state index is 0.0322. The molecule has 0 radical (unpaired) electrons. The Bertz CT molecular complexity index is 900. The van der Waals surface area contributed by atoms with E-state index in [1.54, 1.807) is 19.2 Å². The number of likely N-dealkylation sites (tertiary alicyclic amines) is 1.